The summed E-state index contributed by atoms with van der Waals surface area (Å²) in [6.07, 6.45) is -0.549. The highest BCUT2D eigenvalue weighted by molar-refractivity contribution is 4.90. The molecule has 0 aromatic carbocycles. The van der Waals surface area contributed by atoms with Gasteiger partial charge in [0.05, 0.1) is 33.0 Å². The quantitative estimate of drug-likeness (QED) is 0.669. The van der Waals surface area contributed by atoms with Crippen LogP contribution < -0.4 is 5.73 Å². The highest BCUT2D eigenvalue weighted by Crippen LogP contribution is 2.35. The molecule has 3 atom stereocenters. The van der Waals surface area contributed by atoms with Crippen molar-refractivity contribution in [1.29, 1.82) is 0 Å². The van der Waals surface area contributed by atoms with E-state index in [-0.39, 0.29) is 33.2 Å². The monoisotopic (exact) mass is 351 g/mol. The van der Waals surface area contributed by atoms with Gasteiger partial charge < -0.3 is 34.2 Å². The van der Waals surface area contributed by atoms with Gasteiger partial charge in [0.15, 0.2) is 11.6 Å². The Morgan fingerprint density at radius 2 is 1.58 bits per heavy atom. The van der Waals surface area contributed by atoms with E-state index in [1.165, 1.54) is 0 Å². The molecule has 0 saturated carbocycles. The summed E-state index contributed by atoms with van der Waals surface area (Å²) in [7, 11) is 0. The first kappa shape index (κ1) is 23.7. The van der Waals surface area contributed by atoms with Crippen LogP contribution in [0.2, 0.25) is 0 Å². The standard InChI is InChI=1S/C15H29NO6.2CH4/c1-14(2)19-10-12(20-14)13-11(21-15(3,4)22-13)9-18-8-7-17-6-5-16;;/h11-13H,5-10,16H2,1-4H3;2*1H4. The lowest BCUT2D eigenvalue weighted by molar-refractivity contribution is -0.175. The SMILES string of the molecule is C.C.CC1(C)OCC(C2OC(C)(C)OC2COCCOCCN)O1. The number of ether oxygens (including phenoxy) is 6. The van der Waals surface area contributed by atoms with Crippen molar-refractivity contribution in [3.63, 3.8) is 0 Å². The summed E-state index contributed by atoms with van der Waals surface area (Å²) in [5.74, 6) is -1.23. The highest BCUT2D eigenvalue weighted by atomic mass is 16.8. The molecule has 0 spiro atoms. The molecule has 3 unspecified atom stereocenters. The molecule has 7 nitrogen and oxygen atoms in total. The zero-order valence-electron chi connectivity index (χ0n) is 14.0. The molecule has 7 heteroatoms. The van der Waals surface area contributed by atoms with E-state index in [1.54, 1.807) is 0 Å². The molecule has 0 aromatic heterocycles. The number of nitrogens with two attached hydrogens (primary N) is 1. The van der Waals surface area contributed by atoms with Crippen LogP contribution in [-0.4, -0.2) is 69.5 Å². The van der Waals surface area contributed by atoms with Crippen molar-refractivity contribution in [3.8, 4) is 0 Å². The summed E-state index contributed by atoms with van der Waals surface area (Å²) in [5, 5.41) is 0. The van der Waals surface area contributed by atoms with E-state index in [2.05, 4.69) is 0 Å². The fourth-order valence-electron chi connectivity index (χ4n) is 2.69. The molecule has 0 aliphatic carbocycles. The van der Waals surface area contributed by atoms with Crippen molar-refractivity contribution in [1.82, 2.24) is 0 Å². The first-order chi connectivity index (χ1) is 10.3. The van der Waals surface area contributed by atoms with Crippen LogP contribution in [0.1, 0.15) is 42.5 Å². The molecule has 2 aliphatic rings. The number of hydrogen-bond acceptors (Lipinski definition) is 7. The zero-order chi connectivity index (χ0) is 16.2. The Hall–Kier alpha value is -0.280. The molecule has 2 heterocycles. The average Bonchev–Trinajstić information content (AvgIpc) is 2.93. The average molecular weight is 351 g/mol. The molecule has 0 bridgehead atoms. The van der Waals surface area contributed by atoms with Gasteiger partial charge >= 0.3 is 0 Å². The van der Waals surface area contributed by atoms with Gasteiger partial charge in [-0.25, -0.2) is 0 Å². The minimum atomic E-state index is -0.648. The predicted octanol–water partition coefficient (Wildman–Crippen LogP) is 1.92. The lowest BCUT2D eigenvalue weighted by Gasteiger charge is -2.23. The lowest BCUT2D eigenvalue weighted by atomic mass is 10.1. The third-order valence-corrected chi connectivity index (χ3v) is 3.53. The summed E-state index contributed by atoms with van der Waals surface area (Å²) in [4.78, 5) is 0. The van der Waals surface area contributed by atoms with E-state index < -0.39 is 11.6 Å². The molecule has 2 saturated heterocycles. The van der Waals surface area contributed by atoms with Gasteiger partial charge in [0, 0.05) is 6.54 Å². The first-order valence-corrected chi connectivity index (χ1v) is 7.86. The van der Waals surface area contributed by atoms with Gasteiger partial charge in [0.25, 0.3) is 0 Å². The smallest absolute Gasteiger partial charge is 0.164 e. The third-order valence-electron chi connectivity index (χ3n) is 3.53. The Kier molecular flexibility index (Phi) is 9.89. The minimum Gasteiger partial charge on any atom is -0.378 e. The van der Waals surface area contributed by atoms with Gasteiger partial charge in [-0.1, -0.05) is 14.9 Å². The fourth-order valence-corrected chi connectivity index (χ4v) is 2.69. The van der Waals surface area contributed by atoms with Gasteiger partial charge in [0.1, 0.15) is 18.3 Å². The van der Waals surface area contributed by atoms with Gasteiger partial charge in [-0.15, -0.1) is 0 Å². The largest absolute Gasteiger partial charge is 0.378 e. The van der Waals surface area contributed by atoms with Crippen molar-refractivity contribution in [2.24, 2.45) is 5.73 Å². The normalized spacial score (nSPS) is 30.6. The van der Waals surface area contributed by atoms with Gasteiger partial charge in [-0.3, -0.25) is 0 Å². The summed E-state index contributed by atoms with van der Waals surface area (Å²) in [6, 6.07) is 0. The maximum atomic E-state index is 5.98. The van der Waals surface area contributed by atoms with Gasteiger partial charge in [0.2, 0.25) is 0 Å². The lowest BCUT2D eigenvalue weighted by Crippen LogP contribution is -2.40. The Morgan fingerprint density at radius 3 is 2.17 bits per heavy atom. The second-order valence-corrected chi connectivity index (χ2v) is 6.48. The van der Waals surface area contributed by atoms with E-state index in [0.29, 0.717) is 39.6 Å². The molecule has 0 aromatic rings. The third kappa shape index (κ3) is 6.92. The van der Waals surface area contributed by atoms with E-state index in [4.69, 9.17) is 34.2 Å². The Morgan fingerprint density at radius 1 is 0.917 bits per heavy atom. The molecule has 2 rings (SSSR count). The molecule has 24 heavy (non-hydrogen) atoms. The molecule has 2 aliphatic heterocycles. The van der Waals surface area contributed by atoms with E-state index in [0.717, 1.165) is 0 Å². The van der Waals surface area contributed by atoms with Crippen molar-refractivity contribution in [3.05, 3.63) is 0 Å². The minimum absolute atomic E-state index is 0. The number of hydrogen-bond donors (Lipinski definition) is 1. The van der Waals surface area contributed by atoms with Crippen molar-refractivity contribution >= 4 is 0 Å². The van der Waals surface area contributed by atoms with Crippen LogP contribution >= 0.6 is 0 Å². The molecule has 0 radical (unpaired) electrons. The van der Waals surface area contributed by atoms with Gasteiger partial charge in [-0.05, 0) is 27.7 Å². The highest BCUT2D eigenvalue weighted by Gasteiger charge is 2.49. The maximum absolute atomic E-state index is 5.98. The van der Waals surface area contributed by atoms with Crippen LogP contribution in [0, 0.1) is 0 Å². The van der Waals surface area contributed by atoms with Crippen LogP contribution in [0.15, 0.2) is 0 Å². The van der Waals surface area contributed by atoms with E-state index in [9.17, 15) is 0 Å². The topological polar surface area (TPSA) is 81.4 Å². The Bertz CT molecular complexity index is 350. The molecule has 146 valence electrons. The molecule has 2 fully saturated rings. The van der Waals surface area contributed by atoms with Crippen molar-refractivity contribution < 1.29 is 28.4 Å². The molecule has 2 N–H and O–H groups in total. The van der Waals surface area contributed by atoms with E-state index >= 15 is 0 Å². The summed E-state index contributed by atoms with van der Waals surface area (Å²) in [5.41, 5.74) is 5.35. The van der Waals surface area contributed by atoms with E-state index in [1.807, 2.05) is 27.7 Å². The Balaban J connectivity index is 0.00000264. The predicted molar refractivity (Wildman–Crippen MR) is 92.9 cm³/mol. The molecular formula is C17H37NO6. The van der Waals surface area contributed by atoms with Crippen LogP contribution in [0.4, 0.5) is 0 Å². The molecular weight excluding hydrogens is 314 g/mol. The summed E-state index contributed by atoms with van der Waals surface area (Å²) >= 11 is 0. The zero-order valence-corrected chi connectivity index (χ0v) is 14.0. The number of rotatable bonds is 8. The second-order valence-electron chi connectivity index (χ2n) is 6.48. The first-order valence-electron chi connectivity index (χ1n) is 7.86. The second kappa shape index (κ2) is 10.0. The van der Waals surface area contributed by atoms with Crippen LogP contribution in [0.25, 0.3) is 0 Å². The van der Waals surface area contributed by atoms with Crippen LogP contribution in [0.3, 0.4) is 0 Å². The fraction of sp³-hybridized carbons (Fsp3) is 1.00. The Labute approximate surface area is 147 Å². The molecule has 0 amide bonds. The van der Waals surface area contributed by atoms with Crippen molar-refractivity contribution in [2.75, 3.05) is 39.6 Å². The van der Waals surface area contributed by atoms with Gasteiger partial charge in [-0.2, -0.15) is 0 Å². The van der Waals surface area contributed by atoms with Crippen molar-refractivity contribution in [2.45, 2.75) is 72.4 Å². The van der Waals surface area contributed by atoms with Crippen LogP contribution in [-0.2, 0) is 28.4 Å². The maximum Gasteiger partial charge on any atom is 0.164 e. The van der Waals surface area contributed by atoms with Crippen LogP contribution in [0.5, 0.6) is 0 Å². The summed E-state index contributed by atoms with van der Waals surface area (Å²) < 4.78 is 34.3. The summed E-state index contributed by atoms with van der Waals surface area (Å²) in [6.45, 7) is 10.6.